The van der Waals surface area contributed by atoms with E-state index < -0.39 is 10.0 Å². The van der Waals surface area contributed by atoms with Crippen LogP contribution in [0.5, 0.6) is 17.2 Å². The second-order valence-electron chi connectivity index (χ2n) is 4.93. The van der Waals surface area contributed by atoms with Crippen molar-refractivity contribution in [3.63, 3.8) is 0 Å². The van der Waals surface area contributed by atoms with Crippen LogP contribution in [0.3, 0.4) is 0 Å². The lowest BCUT2D eigenvalue weighted by atomic mass is 10.2. The van der Waals surface area contributed by atoms with Crippen molar-refractivity contribution in [2.75, 3.05) is 21.3 Å². The Balaban J connectivity index is 2.35. The van der Waals surface area contributed by atoms with Gasteiger partial charge in [0.05, 0.1) is 26.2 Å². The van der Waals surface area contributed by atoms with E-state index in [1.807, 2.05) is 0 Å². The fourth-order valence-corrected chi connectivity index (χ4v) is 3.90. The lowest BCUT2D eigenvalue weighted by Crippen LogP contribution is -2.12. The maximum Gasteiger partial charge on any atom is 0.268 e. The van der Waals surface area contributed by atoms with Crippen molar-refractivity contribution in [3.8, 4) is 17.2 Å². The normalized spacial score (nSPS) is 11.5. The molecule has 0 unspecified atom stereocenters. The molecule has 0 atom stereocenters. The Morgan fingerprint density at radius 3 is 2.21 bits per heavy atom. The fraction of sp³-hybridized carbons (Fsp3) is 0.176. The van der Waals surface area contributed by atoms with Crippen molar-refractivity contribution < 1.29 is 22.6 Å². The molecule has 0 amide bonds. The number of nitrogens with zero attached hydrogens (tertiary/aromatic N) is 1. The van der Waals surface area contributed by atoms with E-state index in [0.29, 0.717) is 22.4 Å². The summed E-state index contributed by atoms with van der Waals surface area (Å²) in [5.74, 6) is 1.03. The molecule has 1 heterocycles. The zero-order valence-corrected chi connectivity index (χ0v) is 14.3. The van der Waals surface area contributed by atoms with Gasteiger partial charge in [-0.25, -0.2) is 12.4 Å². The molecule has 6 nitrogen and oxygen atoms in total. The van der Waals surface area contributed by atoms with Crippen molar-refractivity contribution in [1.29, 1.82) is 0 Å². The molecule has 0 aliphatic heterocycles. The summed E-state index contributed by atoms with van der Waals surface area (Å²) in [6.07, 6.45) is 1.37. The first kappa shape index (κ1) is 16.2. The summed E-state index contributed by atoms with van der Waals surface area (Å²) in [6, 6.07) is 12.8. The van der Waals surface area contributed by atoms with Gasteiger partial charge in [0.2, 0.25) is 5.75 Å². The van der Waals surface area contributed by atoms with Crippen molar-refractivity contribution in [2.45, 2.75) is 4.90 Å². The topological polar surface area (TPSA) is 66.8 Å². The molecule has 0 N–H and O–H groups in total. The van der Waals surface area contributed by atoms with Gasteiger partial charge < -0.3 is 14.2 Å². The summed E-state index contributed by atoms with van der Waals surface area (Å²) in [6.45, 7) is 0. The van der Waals surface area contributed by atoms with Crippen LogP contribution in [0.4, 0.5) is 0 Å². The molecule has 2 aromatic carbocycles. The number of hydrogen-bond acceptors (Lipinski definition) is 5. The molecular formula is C17H16NO5S. The Kier molecular flexibility index (Phi) is 4.11. The highest BCUT2D eigenvalue weighted by Gasteiger charge is 2.25. The highest BCUT2D eigenvalue weighted by molar-refractivity contribution is 7.90. The molecule has 125 valence electrons. The zero-order chi connectivity index (χ0) is 17.3. The molecule has 0 fully saturated rings. The van der Waals surface area contributed by atoms with E-state index in [1.54, 1.807) is 24.3 Å². The minimum atomic E-state index is -3.79. The largest absolute Gasteiger partial charge is 0.493 e. The first-order chi connectivity index (χ1) is 11.5. The smallest absolute Gasteiger partial charge is 0.268 e. The number of hydrogen-bond donors (Lipinski definition) is 0. The maximum atomic E-state index is 12.9. The van der Waals surface area contributed by atoms with Gasteiger partial charge >= 0.3 is 0 Å². The van der Waals surface area contributed by atoms with Gasteiger partial charge in [-0.15, -0.1) is 0 Å². The van der Waals surface area contributed by atoms with Crippen LogP contribution in [0.15, 0.2) is 47.5 Å². The average molecular weight is 346 g/mol. The molecule has 0 spiro atoms. The van der Waals surface area contributed by atoms with Gasteiger partial charge in [-0.1, -0.05) is 18.2 Å². The monoisotopic (exact) mass is 346 g/mol. The summed E-state index contributed by atoms with van der Waals surface area (Å²) < 4.78 is 43.1. The molecule has 0 aliphatic carbocycles. The van der Waals surface area contributed by atoms with Crippen molar-refractivity contribution in [2.24, 2.45) is 0 Å². The lowest BCUT2D eigenvalue weighted by Gasteiger charge is -2.15. The Hall–Kier alpha value is -2.67. The van der Waals surface area contributed by atoms with E-state index in [1.165, 1.54) is 39.7 Å². The summed E-state index contributed by atoms with van der Waals surface area (Å²) in [7, 11) is 0.625. The van der Waals surface area contributed by atoms with Gasteiger partial charge in [0.25, 0.3) is 10.0 Å². The van der Waals surface area contributed by atoms with Gasteiger partial charge in [-0.3, -0.25) is 0 Å². The van der Waals surface area contributed by atoms with Crippen LogP contribution in [0.25, 0.3) is 10.9 Å². The van der Waals surface area contributed by atoms with Gasteiger partial charge in [0, 0.05) is 17.6 Å². The predicted molar refractivity (Wildman–Crippen MR) is 89.5 cm³/mol. The summed E-state index contributed by atoms with van der Waals surface area (Å²) >= 11 is 0. The molecule has 24 heavy (non-hydrogen) atoms. The summed E-state index contributed by atoms with van der Waals surface area (Å²) in [5, 5.41) is 0.545. The zero-order valence-electron chi connectivity index (χ0n) is 13.4. The van der Waals surface area contributed by atoms with E-state index >= 15 is 0 Å². The van der Waals surface area contributed by atoms with E-state index in [0.717, 1.165) is 3.97 Å². The van der Waals surface area contributed by atoms with E-state index in [2.05, 4.69) is 6.07 Å². The molecule has 0 saturated carbocycles. The Morgan fingerprint density at radius 2 is 1.62 bits per heavy atom. The third-order valence-electron chi connectivity index (χ3n) is 3.66. The van der Waals surface area contributed by atoms with Gasteiger partial charge in [-0.2, -0.15) is 0 Å². The Labute approximate surface area is 140 Å². The van der Waals surface area contributed by atoms with Gasteiger partial charge in [0.1, 0.15) is 5.52 Å². The van der Waals surface area contributed by atoms with E-state index in [9.17, 15) is 8.42 Å². The number of benzene rings is 2. The van der Waals surface area contributed by atoms with E-state index in [-0.39, 0.29) is 10.6 Å². The molecule has 0 bridgehead atoms. The quantitative estimate of drug-likeness (QED) is 0.711. The van der Waals surface area contributed by atoms with Crippen molar-refractivity contribution >= 4 is 20.9 Å². The minimum Gasteiger partial charge on any atom is -0.493 e. The highest BCUT2D eigenvalue weighted by atomic mass is 32.2. The third kappa shape index (κ3) is 2.37. The number of fused-ring (bicyclic) bond motifs is 1. The molecule has 1 radical (unpaired) electrons. The van der Waals surface area contributed by atoms with Crippen LogP contribution in [0.2, 0.25) is 0 Å². The molecule has 3 aromatic rings. The second kappa shape index (κ2) is 6.09. The van der Waals surface area contributed by atoms with Crippen LogP contribution >= 0.6 is 0 Å². The van der Waals surface area contributed by atoms with Crippen molar-refractivity contribution in [3.05, 3.63) is 48.7 Å². The lowest BCUT2D eigenvalue weighted by molar-refractivity contribution is 0.327. The second-order valence-corrected chi connectivity index (χ2v) is 6.74. The maximum absolute atomic E-state index is 12.9. The first-order valence-electron chi connectivity index (χ1n) is 7.07. The van der Waals surface area contributed by atoms with Crippen LogP contribution in [0, 0.1) is 6.07 Å². The third-order valence-corrected chi connectivity index (χ3v) is 5.34. The first-order valence-corrected chi connectivity index (χ1v) is 8.51. The minimum absolute atomic E-state index is 0.174. The van der Waals surface area contributed by atoms with Crippen molar-refractivity contribution in [1.82, 2.24) is 3.97 Å². The molecule has 1 aromatic heterocycles. The SMILES string of the molecule is COc1cc2[c]cn(S(=O)(=O)c3ccccc3)c2c(OC)c1OC. The number of rotatable bonds is 5. The molecule has 3 rings (SSSR count). The number of aromatic nitrogens is 1. The van der Waals surface area contributed by atoms with Gasteiger partial charge in [0.15, 0.2) is 11.5 Å². The Bertz CT molecular complexity index is 977. The fourth-order valence-electron chi connectivity index (χ4n) is 2.56. The van der Waals surface area contributed by atoms with Gasteiger partial charge in [-0.05, 0) is 18.2 Å². The average Bonchev–Trinajstić information content (AvgIpc) is 3.05. The standard InChI is InChI=1S/C17H16NO5S/c1-21-14-11-12-9-10-18(15(12)17(23-3)16(14)22-2)24(19,20)13-7-5-4-6-8-13/h4-8,10-11H,1-3H3. The van der Waals surface area contributed by atoms with E-state index in [4.69, 9.17) is 14.2 Å². The molecular weight excluding hydrogens is 330 g/mol. The van der Waals surface area contributed by atoms with Crippen LogP contribution in [-0.2, 0) is 10.0 Å². The molecule has 7 heteroatoms. The molecule has 0 saturated heterocycles. The Morgan fingerprint density at radius 1 is 0.958 bits per heavy atom. The predicted octanol–water partition coefficient (Wildman–Crippen LogP) is 2.70. The number of ether oxygens (including phenoxy) is 3. The summed E-state index contributed by atoms with van der Waals surface area (Å²) in [5.41, 5.74) is 0.346. The van der Waals surface area contributed by atoms with Crippen LogP contribution < -0.4 is 14.2 Å². The highest BCUT2D eigenvalue weighted by Crippen LogP contribution is 2.44. The number of methoxy groups -OCH3 is 3. The van der Waals surface area contributed by atoms with Crippen LogP contribution in [0.1, 0.15) is 0 Å². The summed E-state index contributed by atoms with van der Waals surface area (Å²) in [4.78, 5) is 0.174. The van der Waals surface area contributed by atoms with Crippen LogP contribution in [-0.4, -0.2) is 33.7 Å². The molecule has 0 aliphatic rings.